The normalized spacial score (nSPS) is 8.44. The lowest BCUT2D eigenvalue weighted by Crippen LogP contribution is -1.97. The molecular weight excluding hydrogens is 248 g/mol. The molecule has 1 N–H and O–H groups in total. The Balaban J connectivity index is 0.000000659. The van der Waals surface area contributed by atoms with Crippen LogP contribution in [0.15, 0.2) is 29.9 Å². The second-order valence-corrected chi connectivity index (χ2v) is 3.46. The minimum absolute atomic E-state index is 0.251. The summed E-state index contributed by atoms with van der Waals surface area (Å²) in [5, 5.41) is 10.6. The van der Waals surface area contributed by atoms with Crippen LogP contribution in [0.2, 0.25) is 0 Å². The maximum atomic E-state index is 10.8. The average Bonchev–Trinajstić information content (AvgIpc) is 2.94. The molecular formula is C13H18N2O2S. The smallest absolute Gasteiger partial charge is 0.337 e. The number of rotatable bonds is 2. The standard InChI is InChI=1S/C9H6N2O2S.2C2H6/c12-9(13)6-2-5-14-7(6)8-10-3-1-4-11-8;2*1-2/h1-5H,(H,12,13);2*1-2H3. The number of hydrogen-bond acceptors (Lipinski definition) is 4. The molecule has 0 unspecified atom stereocenters. The van der Waals surface area contributed by atoms with Gasteiger partial charge in [-0.15, -0.1) is 11.3 Å². The first-order valence-corrected chi connectivity index (χ1v) is 6.75. The summed E-state index contributed by atoms with van der Waals surface area (Å²) in [7, 11) is 0. The van der Waals surface area contributed by atoms with Crippen LogP contribution in [0.4, 0.5) is 0 Å². The van der Waals surface area contributed by atoms with Crippen molar-refractivity contribution in [3.63, 3.8) is 0 Å². The van der Waals surface area contributed by atoms with Crippen molar-refractivity contribution in [1.82, 2.24) is 9.97 Å². The second kappa shape index (κ2) is 9.30. The molecule has 0 fully saturated rings. The van der Waals surface area contributed by atoms with Crippen molar-refractivity contribution >= 4 is 17.3 Å². The maximum absolute atomic E-state index is 10.8. The number of carbonyl (C=O) groups is 1. The molecule has 0 aliphatic heterocycles. The zero-order chi connectivity index (χ0) is 14.0. The minimum atomic E-state index is -0.950. The molecule has 5 heteroatoms. The van der Waals surface area contributed by atoms with Crippen molar-refractivity contribution in [2.75, 3.05) is 0 Å². The number of nitrogens with zero attached hydrogens (tertiary/aromatic N) is 2. The van der Waals surface area contributed by atoms with Gasteiger partial charge in [0.2, 0.25) is 0 Å². The quantitative estimate of drug-likeness (QED) is 0.893. The Kier molecular flexibility index (Phi) is 8.39. The highest BCUT2D eigenvalue weighted by Crippen LogP contribution is 2.25. The highest BCUT2D eigenvalue weighted by molar-refractivity contribution is 7.13. The molecule has 0 aliphatic carbocycles. The van der Waals surface area contributed by atoms with E-state index in [2.05, 4.69) is 9.97 Å². The molecule has 2 heterocycles. The first kappa shape index (κ1) is 16.2. The first-order chi connectivity index (χ1) is 8.79. The summed E-state index contributed by atoms with van der Waals surface area (Å²) in [5.74, 6) is -0.492. The van der Waals surface area contributed by atoms with Crippen LogP contribution in [0.3, 0.4) is 0 Å². The van der Waals surface area contributed by atoms with Gasteiger partial charge in [-0.3, -0.25) is 0 Å². The monoisotopic (exact) mass is 266 g/mol. The van der Waals surface area contributed by atoms with Crippen LogP contribution in [0.5, 0.6) is 0 Å². The van der Waals surface area contributed by atoms with Gasteiger partial charge in [0.05, 0.1) is 10.4 Å². The summed E-state index contributed by atoms with van der Waals surface area (Å²) in [5.41, 5.74) is 0.251. The van der Waals surface area contributed by atoms with Crippen LogP contribution >= 0.6 is 11.3 Å². The third-order valence-corrected chi connectivity index (χ3v) is 2.57. The molecule has 0 saturated heterocycles. The van der Waals surface area contributed by atoms with E-state index in [1.165, 1.54) is 11.3 Å². The first-order valence-electron chi connectivity index (χ1n) is 5.87. The Morgan fingerprint density at radius 3 is 2.22 bits per heavy atom. The summed E-state index contributed by atoms with van der Waals surface area (Å²) in [6.45, 7) is 8.00. The van der Waals surface area contributed by atoms with Crippen molar-refractivity contribution in [1.29, 1.82) is 0 Å². The Bertz CT molecular complexity index is 455. The Labute approximate surface area is 111 Å². The highest BCUT2D eigenvalue weighted by Gasteiger charge is 2.14. The van der Waals surface area contributed by atoms with Gasteiger partial charge in [-0.25, -0.2) is 14.8 Å². The number of aromatic nitrogens is 2. The number of carboxylic acids is 1. The van der Waals surface area contributed by atoms with Crippen molar-refractivity contribution in [2.45, 2.75) is 27.7 Å². The van der Waals surface area contributed by atoms with E-state index < -0.39 is 5.97 Å². The van der Waals surface area contributed by atoms with E-state index in [1.807, 2.05) is 27.7 Å². The van der Waals surface area contributed by atoms with Gasteiger partial charge < -0.3 is 5.11 Å². The number of aromatic carboxylic acids is 1. The van der Waals surface area contributed by atoms with E-state index in [4.69, 9.17) is 5.11 Å². The molecule has 0 spiro atoms. The molecule has 0 aromatic carbocycles. The highest BCUT2D eigenvalue weighted by atomic mass is 32.1. The Hall–Kier alpha value is -1.75. The summed E-state index contributed by atoms with van der Waals surface area (Å²) >= 11 is 1.33. The Morgan fingerprint density at radius 1 is 1.17 bits per heavy atom. The van der Waals surface area contributed by atoms with Crippen molar-refractivity contribution < 1.29 is 9.90 Å². The molecule has 0 atom stereocenters. The summed E-state index contributed by atoms with van der Waals surface area (Å²) in [4.78, 5) is 19.4. The van der Waals surface area contributed by atoms with E-state index in [9.17, 15) is 4.79 Å². The molecule has 2 aromatic rings. The average molecular weight is 266 g/mol. The molecule has 2 aromatic heterocycles. The van der Waals surface area contributed by atoms with Crippen LogP contribution in [0.1, 0.15) is 38.1 Å². The van der Waals surface area contributed by atoms with E-state index in [-0.39, 0.29) is 5.56 Å². The molecule has 4 nitrogen and oxygen atoms in total. The summed E-state index contributed by atoms with van der Waals surface area (Å²) in [6.07, 6.45) is 3.18. The largest absolute Gasteiger partial charge is 0.478 e. The van der Waals surface area contributed by atoms with Crippen molar-refractivity contribution in [2.24, 2.45) is 0 Å². The third kappa shape index (κ3) is 4.25. The zero-order valence-electron chi connectivity index (χ0n) is 11.0. The molecule has 0 radical (unpaired) electrons. The SMILES string of the molecule is CC.CC.O=C(O)c1ccsc1-c1ncccn1. The number of thiophene rings is 1. The van der Waals surface area contributed by atoms with Gasteiger partial charge in [-0.2, -0.15) is 0 Å². The maximum Gasteiger partial charge on any atom is 0.337 e. The van der Waals surface area contributed by atoms with Crippen molar-refractivity contribution in [3.8, 4) is 10.7 Å². The fraction of sp³-hybridized carbons (Fsp3) is 0.308. The molecule has 0 amide bonds. The fourth-order valence-corrected chi connectivity index (χ4v) is 1.90. The van der Waals surface area contributed by atoms with Crippen molar-refractivity contribution in [3.05, 3.63) is 35.5 Å². The van der Waals surface area contributed by atoms with Crippen LogP contribution in [0.25, 0.3) is 10.7 Å². The summed E-state index contributed by atoms with van der Waals surface area (Å²) in [6, 6.07) is 3.25. The van der Waals surface area contributed by atoms with E-state index in [0.717, 1.165) is 0 Å². The molecule has 2 rings (SSSR count). The lowest BCUT2D eigenvalue weighted by molar-refractivity contribution is 0.0698. The third-order valence-electron chi connectivity index (χ3n) is 1.66. The lowest BCUT2D eigenvalue weighted by atomic mass is 10.2. The number of hydrogen-bond donors (Lipinski definition) is 1. The number of carboxylic acid groups (broad SMARTS) is 1. The summed E-state index contributed by atoms with van der Waals surface area (Å²) < 4.78 is 0. The van der Waals surface area contributed by atoms with Gasteiger partial charge in [0.15, 0.2) is 5.82 Å². The van der Waals surface area contributed by atoms with Crippen LogP contribution in [-0.4, -0.2) is 21.0 Å². The van der Waals surface area contributed by atoms with Crippen LogP contribution in [0, 0.1) is 0 Å². The van der Waals surface area contributed by atoms with E-state index in [0.29, 0.717) is 10.7 Å². The van der Waals surface area contributed by atoms with Crippen LogP contribution in [-0.2, 0) is 0 Å². The molecule has 98 valence electrons. The predicted octanol–water partition coefficient (Wildman–Crippen LogP) is 3.96. The lowest BCUT2D eigenvalue weighted by Gasteiger charge is -1.96. The topological polar surface area (TPSA) is 63.1 Å². The van der Waals surface area contributed by atoms with E-state index in [1.54, 1.807) is 29.9 Å². The van der Waals surface area contributed by atoms with Gasteiger partial charge >= 0.3 is 5.97 Å². The van der Waals surface area contributed by atoms with Gasteiger partial charge in [0.25, 0.3) is 0 Å². The van der Waals surface area contributed by atoms with Gasteiger partial charge in [-0.05, 0) is 17.5 Å². The predicted molar refractivity (Wildman–Crippen MR) is 75.0 cm³/mol. The second-order valence-electron chi connectivity index (χ2n) is 2.54. The van der Waals surface area contributed by atoms with Gasteiger partial charge in [0.1, 0.15) is 0 Å². The minimum Gasteiger partial charge on any atom is -0.478 e. The molecule has 0 saturated carbocycles. The zero-order valence-corrected chi connectivity index (χ0v) is 11.9. The van der Waals surface area contributed by atoms with E-state index >= 15 is 0 Å². The van der Waals surface area contributed by atoms with Gasteiger partial charge in [-0.1, -0.05) is 27.7 Å². The molecule has 0 bridgehead atoms. The molecule has 18 heavy (non-hydrogen) atoms. The van der Waals surface area contributed by atoms with Crippen LogP contribution < -0.4 is 0 Å². The Morgan fingerprint density at radius 2 is 1.72 bits per heavy atom. The fourth-order valence-electron chi connectivity index (χ4n) is 1.07. The van der Waals surface area contributed by atoms with Gasteiger partial charge in [0, 0.05) is 12.4 Å². The molecule has 0 aliphatic rings.